The third-order valence-corrected chi connectivity index (χ3v) is 4.04. The molecule has 0 radical (unpaired) electrons. The summed E-state index contributed by atoms with van der Waals surface area (Å²) < 4.78 is 0. The summed E-state index contributed by atoms with van der Waals surface area (Å²) in [7, 11) is 9.53. The van der Waals surface area contributed by atoms with E-state index in [9.17, 15) is 0 Å². The number of aromatic nitrogens is 1. The summed E-state index contributed by atoms with van der Waals surface area (Å²) >= 11 is 0.194. The molecule has 0 saturated heterocycles. The summed E-state index contributed by atoms with van der Waals surface area (Å²) in [5, 5.41) is 0. The molecule has 0 aliphatic carbocycles. The van der Waals surface area contributed by atoms with Crippen LogP contribution in [0.3, 0.4) is 0 Å². The van der Waals surface area contributed by atoms with Crippen LogP contribution in [0.1, 0.15) is 36.4 Å². The van der Waals surface area contributed by atoms with Gasteiger partial charge in [0.2, 0.25) is 0 Å². The predicted molar refractivity (Wildman–Crippen MR) is 118 cm³/mol. The van der Waals surface area contributed by atoms with E-state index in [1.807, 2.05) is 50.2 Å². The first-order valence-electron chi connectivity index (χ1n) is 8.66. The first-order valence-corrected chi connectivity index (χ1v) is 11.7. The molecule has 3 rings (SSSR count). The van der Waals surface area contributed by atoms with E-state index in [4.69, 9.17) is 20.2 Å². The summed E-state index contributed by atoms with van der Waals surface area (Å²) in [5.41, 5.74) is 7.91. The zero-order valence-electron chi connectivity index (χ0n) is 16.2. The van der Waals surface area contributed by atoms with Crippen LogP contribution < -0.4 is 4.98 Å². The van der Waals surface area contributed by atoms with Gasteiger partial charge in [0, 0.05) is 11.4 Å². The van der Waals surface area contributed by atoms with Crippen molar-refractivity contribution in [3.63, 3.8) is 0 Å². The molecule has 0 N–H and O–H groups in total. The standard InChI is InChI=1S/C22H22N3.2ClH.Fe/c1-15-5-9-19(10-6-15)23-17(3)21-13-14-22(25-21)18(4)24-20-11-7-16(2)8-12-20;;;/h5-14H,1-4H3;2*1H;/q-1;;;+3/p-2. The van der Waals surface area contributed by atoms with Crippen molar-refractivity contribution in [2.45, 2.75) is 27.7 Å². The summed E-state index contributed by atoms with van der Waals surface area (Å²) in [4.78, 5) is 14.0. The number of nitrogens with zero attached hydrogens (tertiary/aromatic N) is 3. The van der Waals surface area contributed by atoms with E-state index in [2.05, 4.69) is 53.1 Å². The van der Waals surface area contributed by atoms with E-state index in [1.54, 1.807) is 0 Å². The molecule has 0 saturated carbocycles. The second kappa shape index (κ2) is 11.2. The quantitative estimate of drug-likeness (QED) is 0.311. The van der Waals surface area contributed by atoms with Gasteiger partial charge in [-0.2, -0.15) is 0 Å². The van der Waals surface area contributed by atoms with Crippen molar-refractivity contribution in [1.29, 1.82) is 0 Å². The molecular weight excluding hydrogens is 433 g/mol. The Labute approximate surface area is 181 Å². The number of aliphatic imine (C=N–C) groups is 2. The molecule has 0 bridgehead atoms. The van der Waals surface area contributed by atoms with Crippen LogP contribution in [0, 0.1) is 13.8 Å². The van der Waals surface area contributed by atoms with Gasteiger partial charge in [0.15, 0.2) is 0 Å². The molecule has 0 atom stereocenters. The van der Waals surface area contributed by atoms with Crippen LogP contribution in [0.2, 0.25) is 0 Å². The van der Waals surface area contributed by atoms with Crippen LogP contribution in [-0.4, -0.2) is 11.4 Å². The summed E-state index contributed by atoms with van der Waals surface area (Å²) in [6.45, 7) is 8.11. The van der Waals surface area contributed by atoms with Gasteiger partial charge in [0.05, 0.1) is 11.4 Å². The van der Waals surface area contributed by atoms with E-state index in [0.29, 0.717) is 0 Å². The van der Waals surface area contributed by atoms with E-state index in [-0.39, 0.29) is 13.1 Å². The van der Waals surface area contributed by atoms with Gasteiger partial charge in [-0.3, -0.25) is 9.98 Å². The van der Waals surface area contributed by atoms with E-state index in [0.717, 1.165) is 34.2 Å². The zero-order valence-corrected chi connectivity index (χ0v) is 18.8. The van der Waals surface area contributed by atoms with Crippen molar-refractivity contribution in [2.24, 2.45) is 9.98 Å². The molecule has 0 unspecified atom stereocenters. The van der Waals surface area contributed by atoms with Crippen molar-refractivity contribution in [1.82, 2.24) is 4.98 Å². The van der Waals surface area contributed by atoms with Crippen LogP contribution in [0.15, 0.2) is 70.6 Å². The number of aryl methyl sites for hydroxylation is 2. The SMILES string of the molecule is CC(=Nc1ccc(C)cc1)c1ccc(C(C)=Nc2ccc(C)cc2)[n-]1.[Cl][Fe+][Cl]. The van der Waals surface area contributed by atoms with Crippen molar-refractivity contribution >= 4 is 43.0 Å². The van der Waals surface area contributed by atoms with E-state index >= 15 is 0 Å². The minimum absolute atomic E-state index is 0.194. The first kappa shape index (κ1) is 22.4. The Morgan fingerprint density at radius 2 is 1.00 bits per heavy atom. The first-order chi connectivity index (χ1) is 13.4. The molecule has 0 amide bonds. The fourth-order valence-corrected chi connectivity index (χ4v) is 2.51. The summed E-state index contributed by atoms with van der Waals surface area (Å²) in [6, 6.07) is 20.3. The van der Waals surface area contributed by atoms with Gasteiger partial charge in [0.1, 0.15) is 0 Å². The number of hydrogen-bond donors (Lipinski definition) is 0. The van der Waals surface area contributed by atoms with Crippen LogP contribution in [-0.2, 0) is 13.1 Å². The minimum atomic E-state index is 0.194. The Morgan fingerprint density at radius 3 is 1.32 bits per heavy atom. The van der Waals surface area contributed by atoms with Crippen LogP contribution in [0.25, 0.3) is 0 Å². The molecule has 0 spiro atoms. The molecular formula is C22H22Cl2FeN3. The molecule has 1 heterocycles. The Morgan fingerprint density at radius 1 is 0.679 bits per heavy atom. The molecule has 28 heavy (non-hydrogen) atoms. The molecule has 3 aromatic rings. The Hall–Kier alpha value is -1.84. The Kier molecular flexibility index (Phi) is 9.00. The van der Waals surface area contributed by atoms with Crippen LogP contribution in [0.4, 0.5) is 11.4 Å². The number of hydrogen-bond acceptors (Lipinski definition) is 2. The maximum atomic E-state index is 4.76. The van der Waals surface area contributed by atoms with Crippen LogP contribution in [0.5, 0.6) is 0 Å². The fourth-order valence-electron chi connectivity index (χ4n) is 2.51. The molecule has 6 heteroatoms. The predicted octanol–water partition coefficient (Wildman–Crippen LogP) is 6.92. The van der Waals surface area contributed by atoms with Crippen molar-refractivity contribution in [2.75, 3.05) is 0 Å². The van der Waals surface area contributed by atoms with Gasteiger partial charge in [-0.05, 0) is 52.0 Å². The third kappa shape index (κ3) is 6.96. The number of rotatable bonds is 4. The topological polar surface area (TPSA) is 38.8 Å². The zero-order chi connectivity index (χ0) is 20.5. The molecule has 0 aliphatic heterocycles. The number of halogens is 2. The molecule has 3 nitrogen and oxygen atoms in total. The molecule has 147 valence electrons. The molecule has 2 aromatic carbocycles. The average molecular weight is 455 g/mol. The van der Waals surface area contributed by atoms with Gasteiger partial charge < -0.3 is 4.98 Å². The summed E-state index contributed by atoms with van der Waals surface area (Å²) in [6.07, 6.45) is 0. The Balaban J connectivity index is 0.000000878. The Bertz CT molecular complexity index is 867. The van der Waals surface area contributed by atoms with Crippen molar-refractivity contribution < 1.29 is 13.1 Å². The normalized spacial score (nSPS) is 11.8. The van der Waals surface area contributed by atoms with E-state index in [1.165, 1.54) is 11.1 Å². The van der Waals surface area contributed by atoms with Crippen molar-refractivity contribution in [3.8, 4) is 0 Å². The maximum absolute atomic E-state index is 4.76. The van der Waals surface area contributed by atoms with Gasteiger partial charge in [-0.25, -0.2) is 0 Å². The van der Waals surface area contributed by atoms with Gasteiger partial charge in [-0.1, -0.05) is 47.5 Å². The molecule has 1 aromatic heterocycles. The molecule has 0 fully saturated rings. The van der Waals surface area contributed by atoms with Gasteiger partial charge in [0.25, 0.3) is 0 Å². The van der Waals surface area contributed by atoms with E-state index < -0.39 is 0 Å². The average Bonchev–Trinajstić information content (AvgIpc) is 3.17. The van der Waals surface area contributed by atoms with Gasteiger partial charge >= 0.3 is 33.3 Å². The van der Waals surface area contributed by atoms with Crippen LogP contribution >= 0.6 is 20.2 Å². The fraction of sp³-hybridized carbons (Fsp3) is 0.182. The molecule has 0 aliphatic rings. The van der Waals surface area contributed by atoms with Gasteiger partial charge in [-0.15, -0.1) is 11.4 Å². The third-order valence-electron chi connectivity index (χ3n) is 4.04. The second-order valence-corrected chi connectivity index (χ2v) is 8.16. The summed E-state index contributed by atoms with van der Waals surface area (Å²) in [5.74, 6) is 0. The van der Waals surface area contributed by atoms with Crippen molar-refractivity contribution in [3.05, 3.63) is 83.2 Å². The second-order valence-electron chi connectivity index (χ2n) is 6.33. The monoisotopic (exact) mass is 454 g/mol. The number of benzene rings is 2.